The van der Waals surface area contributed by atoms with Gasteiger partial charge in [0.15, 0.2) is 0 Å². The van der Waals surface area contributed by atoms with Crippen molar-refractivity contribution >= 4 is 41.3 Å². The average Bonchev–Trinajstić information content (AvgIpc) is 2.63. The number of aliphatic hydroxyl groups excluding tert-OH is 1. The van der Waals surface area contributed by atoms with Crippen LogP contribution < -0.4 is 62.2 Å². The van der Waals surface area contributed by atoms with Gasteiger partial charge in [0.25, 0.3) is 0 Å². The average molecular weight is 356 g/mol. The fourth-order valence-electron chi connectivity index (χ4n) is 2.26. The number of carbonyl (C=O) groups is 3. The number of nitrogens with two attached hydrogens (primary N) is 1. The number of carboxylic acid groups (broad SMARTS) is 1. The van der Waals surface area contributed by atoms with Crippen molar-refractivity contribution in [2.24, 2.45) is 11.7 Å². The Morgan fingerprint density at radius 3 is 2.67 bits per heavy atom. The van der Waals surface area contributed by atoms with E-state index in [2.05, 4.69) is 0 Å². The predicted molar refractivity (Wildman–Crippen MR) is 71.9 cm³/mol. The molecular formula is C11H13KN2O5S2. The van der Waals surface area contributed by atoms with Crippen molar-refractivity contribution in [1.29, 1.82) is 0 Å². The number of thioether (sulfide) groups is 2. The zero-order valence-electron chi connectivity index (χ0n) is 11.5. The number of carbonyl (C=O) groups excluding carboxylic acids is 3. The Bertz CT molecular complexity index is 487. The molecule has 2 rings (SSSR count). The summed E-state index contributed by atoms with van der Waals surface area (Å²) in [6, 6.07) is -1.07. The van der Waals surface area contributed by atoms with E-state index in [9.17, 15) is 24.6 Å². The van der Waals surface area contributed by atoms with Gasteiger partial charge in [-0.05, 0) is 12.3 Å². The molecule has 0 aliphatic carbocycles. The number of nitrogens with zero attached hydrogens (tertiary/aromatic N) is 1. The van der Waals surface area contributed by atoms with Gasteiger partial charge in [-0.15, -0.1) is 23.5 Å². The summed E-state index contributed by atoms with van der Waals surface area (Å²) in [4.78, 5) is 34.9. The molecule has 2 saturated heterocycles. The van der Waals surface area contributed by atoms with Crippen molar-refractivity contribution in [2.45, 2.75) is 29.0 Å². The van der Waals surface area contributed by atoms with Crippen molar-refractivity contribution in [3.63, 3.8) is 0 Å². The maximum absolute atomic E-state index is 11.9. The SMILES string of the molecule is C[C@@H](O)[C@H]1C(=O)N2C(C(=O)[O-])C(SC=CC(N)=O)S[C@H]12.[K+]. The Morgan fingerprint density at radius 2 is 2.19 bits per heavy atom. The molecular weight excluding hydrogens is 343 g/mol. The van der Waals surface area contributed by atoms with E-state index in [1.807, 2.05) is 0 Å². The van der Waals surface area contributed by atoms with Gasteiger partial charge < -0.3 is 25.6 Å². The van der Waals surface area contributed by atoms with Crippen molar-refractivity contribution in [3.8, 4) is 0 Å². The van der Waals surface area contributed by atoms with Gasteiger partial charge in [0.05, 0.1) is 34.0 Å². The van der Waals surface area contributed by atoms with Gasteiger partial charge in [-0.25, -0.2) is 0 Å². The Hall–Kier alpha value is 0.446. The standard InChI is InChI=1S/C11H14N2O5S2.K/c1-4(14)6-8(16)13-7(10(17)18)11(20-9(6)13)19-3-2-5(12)15;/h2-4,6-7,9,11,14H,1H3,(H2,12,15)(H,17,18);/q;+1/p-1/t4-,6+,7?,9-,11?;/m1./s1. The van der Waals surface area contributed by atoms with Crippen LogP contribution in [0, 0.1) is 5.92 Å². The van der Waals surface area contributed by atoms with E-state index in [-0.39, 0.29) is 62.7 Å². The smallest absolute Gasteiger partial charge is 0.548 e. The topological polar surface area (TPSA) is 124 Å². The van der Waals surface area contributed by atoms with Crippen LogP contribution in [0.15, 0.2) is 11.5 Å². The van der Waals surface area contributed by atoms with Crippen LogP contribution in [0.5, 0.6) is 0 Å². The first kappa shape index (κ1) is 19.5. The second-order valence-electron chi connectivity index (χ2n) is 4.51. The molecule has 0 aromatic heterocycles. The molecule has 2 heterocycles. The monoisotopic (exact) mass is 356 g/mol. The third-order valence-electron chi connectivity index (χ3n) is 3.16. The van der Waals surface area contributed by atoms with Crippen LogP contribution >= 0.6 is 23.5 Å². The molecule has 3 N–H and O–H groups in total. The first-order valence-corrected chi connectivity index (χ1v) is 7.71. The Balaban J connectivity index is 0.00000220. The molecule has 0 aromatic rings. The van der Waals surface area contributed by atoms with Crippen molar-refractivity contribution in [2.75, 3.05) is 0 Å². The summed E-state index contributed by atoms with van der Waals surface area (Å²) < 4.78 is -0.492. The third kappa shape index (κ3) is 3.86. The van der Waals surface area contributed by atoms with Gasteiger partial charge in [0, 0.05) is 6.08 Å². The molecule has 2 aliphatic rings. The number of β-lactam (4-membered cyclic amide) rings is 1. The van der Waals surface area contributed by atoms with E-state index in [0.717, 1.165) is 17.8 Å². The number of amides is 2. The summed E-state index contributed by atoms with van der Waals surface area (Å²) in [5.41, 5.74) is 4.95. The molecule has 0 bridgehead atoms. The molecule has 0 radical (unpaired) electrons. The van der Waals surface area contributed by atoms with Crippen LogP contribution in [0.25, 0.3) is 0 Å². The molecule has 2 unspecified atom stereocenters. The molecule has 5 atom stereocenters. The third-order valence-corrected chi connectivity index (χ3v) is 5.97. The van der Waals surface area contributed by atoms with Crippen molar-refractivity contribution < 1.29 is 76.0 Å². The minimum absolute atomic E-state index is 0. The first-order chi connectivity index (χ1) is 9.34. The maximum Gasteiger partial charge on any atom is 1.00 e. The zero-order chi connectivity index (χ0) is 15.0. The van der Waals surface area contributed by atoms with E-state index >= 15 is 0 Å². The maximum atomic E-state index is 11.9. The van der Waals surface area contributed by atoms with E-state index in [1.165, 1.54) is 29.0 Å². The molecule has 7 nitrogen and oxygen atoms in total. The van der Waals surface area contributed by atoms with Crippen LogP contribution in [0.1, 0.15) is 6.92 Å². The number of carboxylic acids is 1. The Labute approximate surface area is 172 Å². The minimum atomic E-state index is -1.35. The number of hydrogen-bond donors (Lipinski definition) is 2. The van der Waals surface area contributed by atoms with Gasteiger partial charge in [0.1, 0.15) is 0 Å². The Kier molecular flexibility index (Phi) is 7.26. The zero-order valence-corrected chi connectivity index (χ0v) is 16.2. The van der Waals surface area contributed by atoms with E-state index < -0.39 is 34.5 Å². The summed E-state index contributed by atoms with van der Waals surface area (Å²) in [6.07, 6.45) is 0.296. The second kappa shape index (κ2) is 7.82. The summed E-state index contributed by atoms with van der Waals surface area (Å²) in [5, 5.41) is 21.8. The molecule has 2 amide bonds. The molecule has 0 aromatic carbocycles. The summed E-state index contributed by atoms with van der Waals surface area (Å²) in [6.45, 7) is 1.50. The molecule has 21 heavy (non-hydrogen) atoms. The van der Waals surface area contributed by atoms with E-state index in [0.29, 0.717) is 0 Å². The van der Waals surface area contributed by atoms with Crippen molar-refractivity contribution in [1.82, 2.24) is 4.90 Å². The molecule has 0 saturated carbocycles. The minimum Gasteiger partial charge on any atom is -0.548 e. The van der Waals surface area contributed by atoms with Gasteiger partial charge in [-0.3, -0.25) is 9.59 Å². The van der Waals surface area contributed by atoms with Crippen LogP contribution in [0.3, 0.4) is 0 Å². The van der Waals surface area contributed by atoms with E-state index in [1.54, 1.807) is 0 Å². The number of aliphatic carboxylic acids is 1. The number of fused-ring (bicyclic) bond motifs is 1. The molecule has 10 heteroatoms. The van der Waals surface area contributed by atoms with Crippen molar-refractivity contribution in [3.05, 3.63) is 11.5 Å². The summed E-state index contributed by atoms with van der Waals surface area (Å²) >= 11 is 2.37. The van der Waals surface area contributed by atoms with E-state index in [4.69, 9.17) is 5.73 Å². The van der Waals surface area contributed by atoms with Crippen LogP contribution in [-0.4, -0.2) is 49.9 Å². The Morgan fingerprint density at radius 1 is 1.57 bits per heavy atom. The molecule has 0 spiro atoms. The number of aliphatic hydroxyl groups is 1. The molecule has 2 aliphatic heterocycles. The van der Waals surface area contributed by atoms with Gasteiger partial charge in [-0.1, -0.05) is 0 Å². The largest absolute Gasteiger partial charge is 1.00 e. The first-order valence-electron chi connectivity index (χ1n) is 5.82. The quantitative estimate of drug-likeness (QED) is 0.287. The normalized spacial score (nSPS) is 32.3. The number of hydrogen-bond acceptors (Lipinski definition) is 7. The summed E-state index contributed by atoms with van der Waals surface area (Å²) in [7, 11) is 0. The number of rotatable bonds is 5. The molecule has 110 valence electrons. The van der Waals surface area contributed by atoms with Gasteiger partial charge in [0.2, 0.25) is 11.8 Å². The molecule has 2 fully saturated rings. The fraction of sp³-hybridized carbons (Fsp3) is 0.545. The van der Waals surface area contributed by atoms with Crippen LogP contribution in [0.2, 0.25) is 0 Å². The number of primary amides is 1. The second-order valence-corrected chi connectivity index (χ2v) is 7.13. The van der Waals surface area contributed by atoms with Gasteiger partial charge in [-0.2, -0.15) is 0 Å². The fourth-order valence-corrected chi connectivity index (χ4v) is 5.35. The van der Waals surface area contributed by atoms with Crippen LogP contribution in [0.4, 0.5) is 0 Å². The van der Waals surface area contributed by atoms with Crippen LogP contribution in [-0.2, 0) is 14.4 Å². The predicted octanol–water partition coefficient (Wildman–Crippen LogP) is -4.92. The summed E-state index contributed by atoms with van der Waals surface area (Å²) in [5.74, 6) is -2.95. The van der Waals surface area contributed by atoms with Gasteiger partial charge >= 0.3 is 51.4 Å².